The molecule has 6 saturated carbocycles. The van der Waals surface area contributed by atoms with Crippen molar-refractivity contribution in [3.05, 3.63) is 0 Å². The summed E-state index contributed by atoms with van der Waals surface area (Å²) >= 11 is 4.36. The van der Waals surface area contributed by atoms with E-state index in [4.69, 9.17) is 0 Å². The van der Waals surface area contributed by atoms with Gasteiger partial charge in [0, 0.05) is 56.3 Å². The molecule has 3 nitrogen and oxygen atoms in total. The van der Waals surface area contributed by atoms with Gasteiger partial charge >= 0.3 is 0 Å². The van der Waals surface area contributed by atoms with Gasteiger partial charge in [-0.05, 0) is 112 Å². The molecule has 0 spiro atoms. The van der Waals surface area contributed by atoms with Crippen molar-refractivity contribution in [3.8, 4) is 0 Å². The molecule has 3 unspecified atom stereocenters. The number of hydrogen-bond acceptors (Lipinski definition) is 3. The first-order chi connectivity index (χ1) is 22.1. The average Bonchev–Trinajstić information content (AvgIpc) is 3.09. The molecular formula is C39H69F3O3S3. The SMILES string of the molecule is O=C1CCCCC1[SH+]CC1CCCCC1.O=C1CCCCC1[SH+]CC1CCCCC1.O=C1CCCCC1[SH+]CC1CCCCC1.[F-].[F-].[F-]. The van der Waals surface area contributed by atoms with E-state index in [0.717, 1.165) is 56.3 Å². The van der Waals surface area contributed by atoms with Crippen LogP contribution in [0.25, 0.3) is 0 Å². The maximum atomic E-state index is 11.7. The standard InChI is InChI=1S/3C13H22OS.3FH/c3*14-12-8-4-5-9-13(12)15-10-11-6-2-1-3-7-11;;;/h3*11,13H,1-10H2;3*1H. The second-order valence-electron chi connectivity index (χ2n) is 15.3. The second kappa shape index (κ2) is 27.5. The minimum Gasteiger partial charge on any atom is -1.00 e. The predicted octanol–water partition coefficient (Wildman–Crippen LogP) is -0.308. The average molecular weight is 739 g/mol. The van der Waals surface area contributed by atoms with Crippen molar-refractivity contribution in [2.45, 2.75) is 189 Å². The quantitative estimate of drug-likeness (QED) is 0.241. The molecule has 0 aliphatic heterocycles. The van der Waals surface area contributed by atoms with Gasteiger partial charge < -0.3 is 14.1 Å². The Morgan fingerprint density at radius 3 is 0.792 bits per heavy atom. The number of carbonyl (C=O) groups is 3. The van der Waals surface area contributed by atoms with Crippen molar-refractivity contribution in [3.63, 3.8) is 0 Å². The topological polar surface area (TPSA) is 51.2 Å². The number of Topliss-reactive ketones (excluding diaryl/α,β-unsaturated/α-hetero) is 3. The maximum Gasteiger partial charge on any atom is 0.184 e. The van der Waals surface area contributed by atoms with Gasteiger partial charge in [-0.2, -0.15) is 0 Å². The summed E-state index contributed by atoms with van der Waals surface area (Å²) in [6, 6.07) is 0. The summed E-state index contributed by atoms with van der Waals surface area (Å²) in [5.74, 6) is 8.39. The third kappa shape index (κ3) is 17.9. The first-order valence-electron chi connectivity index (χ1n) is 19.7. The first-order valence-corrected chi connectivity index (χ1v) is 23.1. The van der Waals surface area contributed by atoms with Gasteiger partial charge in [-0.3, -0.25) is 14.4 Å². The van der Waals surface area contributed by atoms with Gasteiger partial charge in [0.1, 0.15) is 17.3 Å². The highest BCUT2D eigenvalue weighted by Gasteiger charge is 2.32. The Bertz CT molecular complexity index is 751. The molecule has 0 radical (unpaired) electrons. The summed E-state index contributed by atoms with van der Waals surface area (Å²) in [5.41, 5.74) is 0. The van der Waals surface area contributed by atoms with E-state index in [-0.39, 0.29) is 14.1 Å². The van der Waals surface area contributed by atoms with E-state index in [2.05, 4.69) is 0 Å². The highest BCUT2D eigenvalue weighted by molar-refractivity contribution is 7.80. The number of carbonyl (C=O) groups excluding carboxylic acids is 3. The number of rotatable bonds is 9. The van der Waals surface area contributed by atoms with Crippen LogP contribution in [0.2, 0.25) is 0 Å². The van der Waals surface area contributed by atoms with Crippen LogP contribution >= 0.6 is 0 Å². The molecule has 0 amide bonds. The summed E-state index contributed by atoms with van der Waals surface area (Å²) < 4.78 is 0. The fourth-order valence-electron chi connectivity index (χ4n) is 8.41. The van der Waals surface area contributed by atoms with Crippen LogP contribution in [-0.4, -0.2) is 50.4 Å². The Labute approximate surface area is 304 Å². The lowest BCUT2D eigenvalue weighted by atomic mass is 9.91. The van der Waals surface area contributed by atoms with Crippen LogP contribution in [0.15, 0.2) is 0 Å². The third-order valence-corrected chi connectivity index (χ3v) is 16.6. The summed E-state index contributed by atoms with van der Waals surface area (Å²) in [7, 11) is 0. The van der Waals surface area contributed by atoms with Crippen LogP contribution in [0, 0.1) is 17.8 Å². The Morgan fingerprint density at radius 1 is 0.333 bits per heavy atom. The minimum atomic E-state index is 0. The lowest BCUT2D eigenvalue weighted by Crippen LogP contribution is -3.00. The van der Waals surface area contributed by atoms with Crippen LogP contribution in [0.1, 0.15) is 173 Å². The van der Waals surface area contributed by atoms with E-state index in [1.54, 1.807) is 0 Å². The number of halogens is 3. The molecule has 0 aromatic carbocycles. The molecule has 6 aliphatic carbocycles. The van der Waals surface area contributed by atoms with Gasteiger partial charge in [0.25, 0.3) is 0 Å². The van der Waals surface area contributed by atoms with Crippen LogP contribution in [-0.2, 0) is 49.7 Å². The summed E-state index contributed by atoms with van der Waals surface area (Å²) in [6.07, 6.45) is 34.9. The fourth-order valence-corrected chi connectivity index (χ4v) is 13.3. The lowest BCUT2D eigenvalue weighted by molar-refractivity contribution is -0.120. The normalized spacial score (nSPS) is 27.5. The maximum absolute atomic E-state index is 11.7. The van der Waals surface area contributed by atoms with Gasteiger partial charge in [-0.15, -0.1) is 0 Å². The van der Waals surface area contributed by atoms with Crippen LogP contribution in [0.3, 0.4) is 0 Å². The Morgan fingerprint density at radius 2 is 0.562 bits per heavy atom. The van der Waals surface area contributed by atoms with Gasteiger partial charge in [-0.1, -0.05) is 57.8 Å². The second-order valence-corrected chi connectivity index (χ2v) is 19.4. The molecular weight excluding hydrogens is 670 g/mol. The van der Waals surface area contributed by atoms with E-state index in [0.29, 0.717) is 33.1 Å². The van der Waals surface area contributed by atoms with Gasteiger partial charge in [0.15, 0.2) is 33.1 Å². The number of hydrogen-bond donors (Lipinski definition) is 0. The zero-order chi connectivity index (χ0) is 31.5. The van der Waals surface area contributed by atoms with E-state index in [9.17, 15) is 14.4 Å². The van der Waals surface area contributed by atoms with Crippen LogP contribution in [0.5, 0.6) is 0 Å². The summed E-state index contributed by atoms with van der Waals surface area (Å²) in [4.78, 5) is 35.0. The monoisotopic (exact) mass is 738 g/mol. The number of thiol groups is 3. The van der Waals surface area contributed by atoms with E-state index >= 15 is 0 Å². The molecule has 0 aromatic rings. The smallest absolute Gasteiger partial charge is 0.184 e. The molecule has 282 valence electrons. The summed E-state index contributed by atoms with van der Waals surface area (Å²) in [6.45, 7) is 0. The van der Waals surface area contributed by atoms with Crippen LogP contribution < -0.4 is 14.1 Å². The predicted molar refractivity (Wildman–Crippen MR) is 202 cm³/mol. The highest BCUT2D eigenvalue weighted by Crippen LogP contribution is 2.28. The van der Waals surface area contributed by atoms with Gasteiger partial charge in [0.2, 0.25) is 0 Å². The first kappa shape index (κ1) is 45.9. The van der Waals surface area contributed by atoms with Gasteiger partial charge in [0.05, 0.1) is 0 Å². The zero-order valence-electron chi connectivity index (χ0n) is 29.9. The van der Waals surface area contributed by atoms with E-state index in [1.165, 1.54) is 187 Å². The fraction of sp³-hybridized carbons (Fsp3) is 0.923. The van der Waals surface area contributed by atoms with Gasteiger partial charge in [-0.25, -0.2) is 0 Å². The van der Waals surface area contributed by atoms with E-state index in [1.807, 2.05) is 0 Å². The molecule has 6 aliphatic rings. The van der Waals surface area contributed by atoms with Crippen molar-refractivity contribution in [1.29, 1.82) is 0 Å². The molecule has 6 rings (SSSR count). The molecule has 0 saturated heterocycles. The Kier molecular flexibility index (Phi) is 26.3. The summed E-state index contributed by atoms with van der Waals surface area (Å²) in [5, 5.41) is 1.25. The minimum absolute atomic E-state index is 0. The molecule has 0 N–H and O–H groups in total. The molecule has 6 fully saturated rings. The van der Waals surface area contributed by atoms with E-state index < -0.39 is 0 Å². The molecule has 0 aromatic heterocycles. The van der Waals surface area contributed by atoms with Crippen molar-refractivity contribution < 1.29 is 28.5 Å². The largest absolute Gasteiger partial charge is 1.00 e. The molecule has 3 atom stereocenters. The molecule has 0 heterocycles. The zero-order valence-corrected chi connectivity index (χ0v) is 32.6. The van der Waals surface area contributed by atoms with Crippen molar-refractivity contribution in [2.24, 2.45) is 17.8 Å². The Balaban J connectivity index is 0.000000349. The molecule has 0 bridgehead atoms. The van der Waals surface area contributed by atoms with Crippen LogP contribution in [0.4, 0.5) is 0 Å². The molecule has 9 heteroatoms. The van der Waals surface area contributed by atoms with Crippen molar-refractivity contribution in [1.82, 2.24) is 0 Å². The highest BCUT2D eigenvalue weighted by atomic mass is 32.2. The number of ketones is 3. The lowest BCUT2D eigenvalue weighted by Gasteiger charge is -2.20. The van der Waals surface area contributed by atoms with Crippen molar-refractivity contribution in [2.75, 3.05) is 17.3 Å². The Hall–Kier alpha value is -0.150. The third-order valence-electron chi connectivity index (χ3n) is 11.5. The molecule has 48 heavy (non-hydrogen) atoms. The van der Waals surface area contributed by atoms with Crippen molar-refractivity contribution >= 4 is 52.6 Å².